The van der Waals surface area contributed by atoms with Crippen molar-refractivity contribution < 1.29 is 5.48 Å². The molecule has 0 aromatic heterocycles. The van der Waals surface area contributed by atoms with Crippen LogP contribution in [-0.4, -0.2) is 5.48 Å². The van der Waals surface area contributed by atoms with E-state index in [0.29, 0.717) is 0 Å². The minimum absolute atomic E-state index is 0. The predicted octanol–water partition coefficient (Wildman–Crippen LogP) is 1.54. The van der Waals surface area contributed by atoms with E-state index in [9.17, 15) is 0 Å². The summed E-state index contributed by atoms with van der Waals surface area (Å²) in [5.74, 6) is 0. The summed E-state index contributed by atoms with van der Waals surface area (Å²) in [6.07, 6.45) is 5.72. The quantitative estimate of drug-likeness (QED) is 0.382. The molecule has 0 bridgehead atoms. The molecule has 7 heavy (non-hydrogen) atoms. The van der Waals surface area contributed by atoms with Crippen molar-refractivity contribution in [3.63, 3.8) is 0 Å². The lowest BCUT2D eigenvalue weighted by atomic mass is 10.3. The van der Waals surface area contributed by atoms with Gasteiger partial charge >= 0.3 is 0 Å². The van der Waals surface area contributed by atoms with E-state index in [2.05, 4.69) is 13.5 Å². The van der Waals surface area contributed by atoms with Crippen LogP contribution in [0, 0.1) is 0 Å². The first-order chi connectivity index (χ1) is 2.91. The van der Waals surface area contributed by atoms with Gasteiger partial charge < -0.3 is 5.48 Å². The Hall–Kier alpha value is -0.300. The van der Waals surface area contributed by atoms with E-state index in [4.69, 9.17) is 0 Å². The van der Waals surface area contributed by atoms with Crippen molar-refractivity contribution >= 4 is 0 Å². The largest absolute Gasteiger partial charge is 0.412 e. The number of unbranched alkanes of at least 4 members (excludes halogenated alkanes) is 2. The van der Waals surface area contributed by atoms with Crippen LogP contribution in [0.4, 0.5) is 0 Å². The molecule has 0 unspecified atom stereocenters. The Labute approximate surface area is 45.4 Å². The molecule has 0 fully saturated rings. The molecular formula is C6H14O. The van der Waals surface area contributed by atoms with Crippen LogP contribution in [0.15, 0.2) is 12.7 Å². The molecule has 0 saturated carbocycles. The maximum Gasteiger partial charge on any atom is -0.0354 e. The van der Waals surface area contributed by atoms with Crippen LogP contribution >= 0.6 is 0 Å². The number of hydrogen-bond donors (Lipinski definition) is 0. The van der Waals surface area contributed by atoms with Crippen molar-refractivity contribution in [3.8, 4) is 0 Å². The first-order valence-electron chi connectivity index (χ1n) is 2.52. The molecule has 0 aromatic rings. The summed E-state index contributed by atoms with van der Waals surface area (Å²) in [6.45, 7) is 5.78. The smallest absolute Gasteiger partial charge is 0.0354 e. The normalized spacial score (nSPS) is 7.00. The van der Waals surface area contributed by atoms with Crippen molar-refractivity contribution in [1.29, 1.82) is 0 Å². The van der Waals surface area contributed by atoms with Gasteiger partial charge in [0.05, 0.1) is 0 Å². The second-order valence-electron chi connectivity index (χ2n) is 1.43. The molecule has 0 saturated heterocycles. The lowest BCUT2D eigenvalue weighted by Crippen LogP contribution is -1.61. The van der Waals surface area contributed by atoms with Gasteiger partial charge in [0.2, 0.25) is 0 Å². The van der Waals surface area contributed by atoms with Gasteiger partial charge in [0.15, 0.2) is 0 Å². The van der Waals surface area contributed by atoms with Gasteiger partial charge in [0, 0.05) is 0 Å². The van der Waals surface area contributed by atoms with E-state index in [1.54, 1.807) is 0 Å². The fourth-order valence-corrected chi connectivity index (χ4v) is 0.348. The second-order valence-corrected chi connectivity index (χ2v) is 1.43. The molecule has 0 atom stereocenters. The third-order valence-electron chi connectivity index (χ3n) is 0.762. The van der Waals surface area contributed by atoms with Gasteiger partial charge in [-0.1, -0.05) is 25.8 Å². The first kappa shape index (κ1) is 9.85. The molecule has 0 amide bonds. The first-order valence-corrected chi connectivity index (χ1v) is 2.52. The Morgan fingerprint density at radius 3 is 2.29 bits per heavy atom. The molecule has 0 heterocycles. The molecule has 0 spiro atoms. The standard InChI is InChI=1S/C6H12.H2O/c1-3-5-6-4-2;/h3H,1,4-6H2,2H3;1H2. The fraction of sp³-hybridized carbons (Fsp3) is 0.667. The molecule has 44 valence electrons. The van der Waals surface area contributed by atoms with Crippen LogP contribution in [0.1, 0.15) is 26.2 Å². The third-order valence-corrected chi connectivity index (χ3v) is 0.762. The molecule has 0 radical (unpaired) electrons. The van der Waals surface area contributed by atoms with E-state index in [-0.39, 0.29) is 5.48 Å². The Morgan fingerprint density at radius 2 is 2.14 bits per heavy atom. The van der Waals surface area contributed by atoms with Gasteiger partial charge in [0.25, 0.3) is 0 Å². The van der Waals surface area contributed by atoms with E-state index < -0.39 is 0 Å². The molecule has 0 aliphatic carbocycles. The van der Waals surface area contributed by atoms with Gasteiger partial charge in [-0.3, -0.25) is 0 Å². The van der Waals surface area contributed by atoms with E-state index in [1.165, 1.54) is 19.3 Å². The summed E-state index contributed by atoms with van der Waals surface area (Å²) < 4.78 is 0. The maximum absolute atomic E-state index is 3.60. The molecular weight excluding hydrogens is 88.1 g/mol. The Bertz CT molecular complexity index is 33.2. The molecule has 0 aromatic carbocycles. The van der Waals surface area contributed by atoms with Crippen molar-refractivity contribution in [2.24, 2.45) is 0 Å². The summed E-state index contributed by atoms with van der Waals surface area (Å²) in [7, 11) is 0. The molecule has 0 aliphatic heterocycles. The maximum atomic E-state index is 3.60. The van der Waals surface area contributed by atoms with Crippen molar-refractivity contribution in [2.75, 3.05) is 0 Å². The highest BCUT2D eigenvalue weighted by molar-refractivity contribution is 4.64. The minimum atomic E-state index is 0. The Kier molecular flexibility index (Phi) is 12.9. The predicted molar refractivity (Wildman–Crippen MR) is 33.3 cm³/mol. The zero-order valence-electron chi connectivity index (χ0n) is 4.91. The summed E-state index contributed by atoms with van der Waals surface area (Å²) in [6, 6.07) is 0. The van der Waals surface area contributed by atoms with Crippen LogP contribution in [0.5, 0.6) is 0 Å². The van der Waals surface area contributed by atoms with Crippen LogP contribution in [0.2, 0.25) is 0 Å². The molecule has 1 heteroatoms. The highest BCUT2D eigenvalue weighted by Gasteiger charge is 1.71. The van der Waals surface area contributed by atoms with Crippen LogP contribution in [0.3, 0.4) is 0 Å². The average Bonchev–Trinajstić information content (AvgIpc) is 1.61. The molecule has 1 nitrogen and oxygen atoms in total. The Morgan fingerprint density at radius 1 is 1.57 bits per heavy atom. The molecule has 2 N–H and O–H groups in total. The number of hydrogen-bond acceptors (Lipinski definition) is 0. The van der Waals surface area contributed by atoms with Crippen LogP contribution in [-0.2, 0) is 0 Å². The van der Waals surface area contributed by atoms with E-state index in [0.717, 1.165) is 0 Å². The highest BCUT2D eigenvalue weighted by Crippen LogP contribution is 1.91. The summed E-state index contributed by atoms with van der Waals surface area (Å²) in [5, 5.41) is 0. The lowest BCUT2D eigenvalue weighted by Gasteiger charge is -1.81. The van der Waals surface area contributed by atoms with Crippen molar-refractivity contribution in [2.45, 2.75) is 26.2 Å². The van der Waals surface area contributed by atoms with Crippen molar-refractivity contribution in [1.82, 2.24) is 0 Å². The summed E-state index contributed by atoms with van der Waals surface area (Å²) in [4.78, 5) is 0. The number of rotatable bonds is 3. The summed E-state index contributed by atoms with van der Waals surface area (Å²) >= 11 is 0. The van der Waals surface area contributed by atoms with Gasteiger partial charge in [-0.15, -0.1) is 6.58 Å². The SMILES string of the molecule is C=CCCCC.O. The van der Waals surface area contributed by atoms with Gasteiger partial charge in [-0.05, 0) is 6.42 Å². The van der Waals surface area contributed by atoms with Gasteiger partial charge in [0.1, 0.15) is 0 Å². The van der Waals surface area contributed by atoms with Crippen LogP contribution in [0.25, 0.3) is 0 Å². The minimum Gasteiger partial charge on any atom is -0.412 e. The van der Waals surface area contributed by atoms with E-state index >= 15 is 0 Å². The third kappa shape index (κ3) is 10.7. The lowest BCUT2D eigenvalue weighted by molar-refractivity contribution is 0.816. The average molecular weight is 102 g/mol. The monoisotopic (exact) mass is 102 g/mol. The zero-order valence-corrected chi connectivity index (χ0v) is 4.91. The summed E-state index contributed by atoms with van der Waals surface area (Å²) in [5.41, 5.74) is 0. The van der Waals surface area contributed by atoms with E-state index in [1.807, 2.05) is 6.08 Å². The van der Waals surface area contributed by atoms with Crippen LogP contribution < -0.4 is 0 Å². The topological polar surface area (TPSA) is 31.5 Å². The highest BCUT2D eigenvalue weighted by atomic mass is 16.0. The van der Waals surface area contributed by atoms with Gasteiger partial charge in [-0.2, -0.15) is 0 Å². The molecule has 0 aliphatic rings. The molecule has 0 rings (SSSR count). The second kappa shape index (κ2) is 9.20. The van der Waals surface area contributed by atoms with Crippen molar-refractivity contribution in [3.05, 3.63) is 12.7 Å². The zero-order chi connectivity index (χ0) is 4.83. The van der Waals surface area contributed by atoms with Gasteiger partial charge in [-0.25, -0.2) is 0 Å². The number of allylic oxidation sites excluding steroid dienone is 1. The Balaban J connectivity index is 0. The fourth-order valence-electron chi connectivity index (χ4n) is 0.348.